The molecule has 1 aliphatic heterocycles. The summed E-state index contributed by atoms with van der Waals surface area (Å²) in [4.78, 5) is 14.2. The molecule has 0 spiro atoms. The molecule has 0 aromatic rings. The van der Waals surface area contributed by atoms with Gasteiger partial charge in [-0.05, 0) is 25.7 Å². The molecule has 1 amide bonds. The number of carbonyl (C=O) groups excluding carboxylic acids is 1. The Morgan fingerprint density at radius 3 is 2.48 bits per heavy atom. The molecule has 9 heteroatoms. The van der Waals surface area contributed by atoms with Crippen LogP contribution in [0.4, 0.5) is 13.2 Å². The number of nitrogens with zero attached hydrogens (tertiary/aromatic N) is 1. The van der Waals surface area contributed by atoms with Crippen LogP contribution in [0.15, 0.2) is 36.1 Å². The summed E-state index contributed by atoms with van der Waals surface area (Å²) in [7, 11) is 0. The molecule has 2 aliphatic rings. The summed E-state index contributed by atoms with van der Waals surface area (Å²) in [6, 6.07) is 0.774. The van der Waals surface area contributed by atoms with Gasteiger partial charge in [-0.3, -0.25) is 9.69 Å². The molecule has 2 rings (SSSR count). The molecule has 0 aromatic carbocycles. The molecular weight excluding hydrogens is 407 g/mol. The van der Waals surface area contributed by atoms with Crippen LogP contribution in [0.1, 0.15) is 32.1 Å². The lowest BCUT2D eigenvalue weighted by molar-refractivity contribution is -0.120. The second-order valence-electron chi connectivity index (χ2n) is 7.56. The van der Waals surface area contributed by atoms with Crippen molar-refractivity contribution in [3.63, 3.8) is 0 Å². The number of aliphatic hydroxyl groups excluding tert-OH is 1. The third-order valence-electron chi connectivity index (χ3n) is 5.22. The van der Waals surface area contributed by atoms with Crippen molar-refractivity contribution in [1.29, 1.82) is 0 Å². The molecule has 0 aromatic heterocycles. The van der Waals surface area contributed by atoms with Crippen LogP contribution in [0.3, 0.4) is 0 Å². The van der Waals surface area contributed by atoms with E-state index in [0.717, 1.165) is 50.9 Å². The zero-order valence-electron chi connectivity index (χ0n) is 16.3. The van der Waals surface area contributed by atoms with Crippen molar-refractivity contribution in [2.45, 2.75) is 56.5 Å². The number of allylic oxidation sites excluding steroid dienone is 3. The second kappa shape index (κ2) is 11.0. The number of hydrogen-bond donors (Lipinski definition) is 3. The summed E-state index contributed by atoms with van der Waals surface area (Å²) >= 11 is 5.37. The molecule has 0 radical (unpaired) electrons. The van der Waals surface area contributed by atoms with Gasteiger partial charge in [-0.1, -0.05) is 24.8 Å². The molecule has 2 fully saturated rings. The summed E-state index contributed by atoms with van der Waals surface area (Å²) in [6.07, 6.45) is 1.56. The monoisotopic (exact) mass is 435 g/mol. The van der Waals surface area contributed by atoms with Gasteiger partial charge in [0.1, 0.15) is 0 Å². The van der Waals surface area contributed by atoms with Crippen LogP contribution in [0.5, 0.6) is 0 Å². The molecule has 1 saturated carbocycles. The van der Waals surface area contributed by atoms with Crippen LogP contribution in [0, 0.1) is 0 Å². The smallest absolute Gasteiger partial charge is 0.393 e. The van der Waals surface area contributed by atoms with Gasteiger partial charge in [-0.2, -0.15) is 13.2 Å². The summed E-state index contributed by atoms with van der Waals surface area (Å²) in [5.41, 5.74) is -0.265. The average molecular weight is 436 g/mol. The van der Waals surface area contributed by atoms with E-state index in [1.54, 1.807) is 0 Å². The fourth-order valence-electron chi connectivity index (χ4n) is 3.60. The van der Waals surface area contributed by atoms with E-state index in [1.165, 1.54) is 6.08 Å². The first-order chi connectivity index (χ1) is 13.7. The van der Waals surface area contributed by atoms with Crippen molar-refractivity contribution in [3.05, 3.63) is 36.1 Å². The van der Waals surface area contributed by atoms with Gasteiger partial charge in [0.2, 0.25) is 5.91 Å². The number of aliphatic hydroxyl groups is 1. The van der Waals surface area contributed by atoms with Crippen molar-refractivity contribution >= 4 is 17.5 Å². The molecule has 1 heterocycles. The summed E-state index contributed by atoms with van der Waals surface area (Å²) in [6.45, 7) is 5.81. The summed E-state index contributed by atoms with van der Waals surface area (Å²) < 4.78 is 38.5. The first kappa shape index (κ1) is 23.8. The van der Waals surface area contributed by atoms with Crippen molar-refractivity contribution in [2.24, 2.45) is 0 Å². The SMILES string of the molecule is C=C(CNC(=O)C/C=C(\C=C/CCl)C(F)(F)F)NC1CN(C2CCC(O)CC2)C1. The van der Waals surface area contributed by atoms with Crippen LogP contribution in [-0.2, 0) is 4.79 Å². The van der Waals surface area contributed by atoms with E-state index in [9.17, 15) is 23.1 Å². The average Bonchev–Trinajstić information content (AvgIpc) is 2.62. The predicted molar refractivity (Wildman–Crippen MR) is 108 cm³/mol. The predicted octanol–water partition coefficient (Wildman–Crippen LogP) is 2.87. The normalized spacial score (nSPS) is 24.4. The maximum atomic E-state index is 12.8. The van der Waals surface area contributed by atoms with E-state index < -0.39 is 17.7 Å². The molecule has 0 bridgehead atoms. The summed E-state index contributed by atoms with van der Waals surface area (Å²) in [5, 5.41) is 15.4. The van der Waals surface area contributed by atoms with Gasteiger partial charge >= 0.3 is 6.18 Å². The molecule has 1 saturated heterocycles. The zero-order chi connectivity index (χ0) is 21.4. The molecule has 0 atom stereocenters. The minimum Gasteiger partial charge on any atom is -0.393 e. The summed E-state index contributed by atoms with van der Waals surface area (Å²) in [5.74, 6) is -0.545. The first-order valence-corrected chi connectivity index (χ1v) is 10.4. The zero-order valence-corrected chi connectivity index (χ0v) is 17.1. The topological polar surface area (TPSA) is 64.6 Å². The van der Waals surface area contributed by atoms with Gasteiger partial charge < -0.3 is 15.7 Å². The number of carbonyl (C=O) groups is 1. The number of hydrogen-bond acceptors (Lipinski definition) is 4. The molecule has 164 valence electrons. The lowest BCUT2D eigenvalue weighted by Crippen LogP contribution is -2.61. The van der Waals surface area contributed by atoms with Gasteiger partial charge in [0.05, 0.1) is 24.3 Å². The molecule has 3 N–H and O–H groups in total. The fourth-order valence-corrected chi connectivity index (χ4v) is 3.68. The Morgan fingerprint density at radius 1 is 1.24 bits per heavy atom. The highest BCUT2D eigenvalue weighted by Crippen LogP contribution is 2.27. The minimum absolute atomic E-state index is 0.0353. The van der Waals surface area contributed by atoms with Crippen molar-refractivity contribution in [2.75, 3.05) is 25.5 Å². The molecule has 29 heavy (non-hydrogen) atoms. The highest BCUT2D eigenvalue weighted by Gasteiger charge is 2.34. The Balaban J connectivity index is 1.65. The highest BCUT2D eigenvalue weighted by atomic mass is 35.5. The Labute approximate surface area is 174 Å². The number of halogens is 4. The number of amides is 1. The van der Waals surface area contributed by atoms with Gasteiger partial charge in [0.25, 0.3) is 0 Å². The van der Waals surface area contributed by atoms with E-state index in [-0.39, 0.29) is 31.0 Å². The maximum Gasteiger partial charge on any atom is 0.416 e. The molecule has 0 unspecified atom stereocenters. The molecular formula is C20H29ClF3N3O2. The molecule has 5 nitrogen and oxygen atoms in total. The van der Waals surface area contributed by atoms with Gasteiger partial charge in [0.15, 0.2) is 0 Å². The first-order valence-electron chi connectivity index (χ1n) is 9.82. The van der Waals surface area contributed by atoms with Crippen LogP contribution >= 0.6 is 11.6 Å². The Morgan fingerprint density at radius 2 is 1.90 bits per heavy atom. The lowest BCUT2D eigenvalue weighted by Gasteiger charge is -2.46. The second-order valence-corrected chi connectivity index (χ2v) is 7.86. The maximum absolute atomic E-state index is 12.8. The highest BCUT2D eigenvalue weighted by molar-refractivity contribution is 6.18. The lowest BCUT2D eigenvalue weighted by atomic mass is 9.89. The number of likely N-dealkylation sites (tertiary alicyclic amines) is 1. The largest absolute Gasteiger partial charge is 0.416 e. The Hall–Kier alpha value is -1.51. The van der Waals surface area contributed by atoms with Crippen LogP contribution < -0.4 is 10.6 Å². The third-order valence-corrected chi connectivity index (χ3v) is 5.40. The van der Waals surface area contributed by atoms with E-state index in [2.05, 4.69) is 22.1 Å². The van der Waals surface area contributed by atoms with Crippen LogP contribution in [0.25, 0.3) is 0 Å². The standard InChI is InChI=1S/C20H29ClF3N3O2/c1-14(26-16-12-27(13-16)17-5-7-18(28)8-6-17)11-25-19(29)9-4-15(3-2-10-21)20(22,23)24/h2-4,16-18,26,28H,1,5-13H2,(H,25,29)/b3-2-,15-4+. The molecule has 1 aliphatic carbocycles. The van der Waals surface area contributed by atoms with Crippen molar-refractivity contribution in [3.8, 4) is 0 Å². The van der Waals surface area contributed by atoms with E-state index in [0.29, 0.717) is 11.7 Å². The van der Waals surface area contributed by atoms with E-state index >= 15 is 0 Å². The van der Waals surface area contributed by atoms with Gasteiger partial charge in [-0.15, -0.1) is 11.6 Å². The third kappa shape index (κ3) is 8.03. The van der Waals surface area contributed by atoms with Gasteiger partial charge in [0, 0.05) is 37.1 Å². The number of rotatable bonds is 9. The Kier molecular flexibility index (Phi) is 9.04. The quantitative estimate of drug-likeness (QED) is 0.385. The Bertz CT molecular complexity index is 623. The van der Waals surface area contributed by atoms with Crippen molar-refractivity contribution in [1.82, 2.24) is 15.5 Å². The van der Waals surface area contributed by atoms with Gasteiger partial charge in [-0.25, -0.2) is 0 Å². The van der Waals surface area contributed by atoms with E-state index in [4.69, 9.17) is 11.6 Å². The fraction of sp³-hybridized carbons (Fsp3) is 0.650. The van der Waals surface area contributed by atoms with E-state index in [1.807, 2.05) is 0 Å². The van der Waals surface area contributed by atoms with Crippen LogP contribution in [0.2, 0.25) is 0 Å². The number of alkyl halides is 4. The van der Waals surface area contributed by atoms with Crippen LogP contribution in [-0.4, -0.2) is 65.8 Å². The van der Waals surface area contributed by atoms with Crippen molar-refractivity contribution < 1.29 is 23.1 Å². The minimum atomic E-state index is -4.53. The number of nitrogens with one attached hydrogen (secondary N) is 2.